The van der Waals surface area contributed by atoms with Crippen LogP contribution in [0.2, 0.25) is 0 Å². The number of rotatable bonds is 6. The van der Waals surface area contributed by atoms with Crippen LogP contribution < -0.4 is 9.47 Å². The first-order chi connectivity index (χ1) is 12.0. The van der Waals surface area contributed by atoms with Crippen LogP contribution >= 0.6 is 0 Å². The number of aromatic nitrogens is 1. The second-order valence-corrected chi connectivity index (χ2v) is 6.97. The van der Waals surface area contributed by atoms with Crippen LogP contribution in [-0.2, 0) is 4.79 Å². The van der Waals surface area contributed by atoms with Gasteiger partial charge in [0.05, 0.1) is 19.6 Å². The summed E-state index contributed by atoms with van der Waals surface area (Å²) in [6, 6.07) is 3.22. The maximum atomic E-state index is 13.0. The number of aliphatic carboxylic acids is 1. The Morgan fingerprint density at radius 1 is 1.32 bits per heavy atom. The van der Waals surface area contributed by atoms with Crippen molar-refractivity contribution in [3.05, 3.63) is 17.7 Å². The van der Waals surface area contributed by atoms with Crippen molar-refractivity contribution < 1.29 is 24.2 Å². The third-order valence-electron chi connectivity index (χ3n) is 5.16. The van der Waals surface area contributed by atoms with Gasteiger partial charge in [0, 0.05) is 19.2 Å². The van der Waals surface area contributed by atoms with E-state index in [9.17, 15) is 14.7 Å². The monoisotopic (exact) mass is 348 g/mol. The van der Waals surface area contributed by atoms with Crippen molar-refractivity contribution in [3.8, 4) is 11.8 Å². The molecule has 7 nitrogen and oxygen atoms in total. The van der Waals surface area contributed by atoms with Crippen molar-refractivity contribution in [2.75, 3.05) is 27.3 Å². The van der Waals surface area contributed by atoms with Gasteiger partial charge in [0.2, 0.25) is 11.8 Å². The van der Waals surface area contributed by atoms with Crippen molar-refractivity contribution in [1.29, 1.82) is 0 Å². The van der Waals surface area contributed by atoms with E-state index in [2.05, 4.69) is 4.98 Å². The van der Waals surface area contributed by atoms with Crippen molar-refractivity contribution in [2.24, 2.45) is 11.3 Å². The topological polar surface area (TPSA) is 89.0 Å². The molecule has 1 aromatic rings. The zero-order chi connectivity index (χ0) is 18.0. The van der Waals surface area contributed by atoms with E-state index in [0.29, 0.717) is 43.2 Å². The fourth-order valence-electron chi connectivity index (χ4n) is 3.63. The number of nitrogens with zero attached hydrogens (tertiary/aromatic N) is 2. The number of methoxy groups -OCH3 is 2. The summed E-state index contributed by atoms with van der Waals surface area (Å²) in [5.41, 5.74) is -0.502. The lowest BCUT2D eigenvalue weighted by atomic mass is 9.75. The number of carbonyl (C=O) groups is 2. The first kappa shape index (κ1) is 17.5. The second-order valence-electron chi connectivity index (χ2n) is 6.97. The minimum absolute atomic E-state index is 0.193. The highest BCUT2D eigenvalue weighted by Crippen LogP contribution is 2.45. The quantitative estimate of drug-likeness (QED) is 0.848. The van der Waals surface area contributed by atoms with Gasteiger partial charge < -0.3 is 19.5 Å². The van der Waals surface area contributed by atoms with Gasteiger partial charge in [-0.15, -0.1) is 0 Å². The fraction of sp³-hybridized carbons (Fsp3) is 0.611. The van der Waals surface area contributed by atoms with Crippen LogP contribution in [0.3, 0.4) is 0 Å². The van der Waals surface area contributed by atoms with Gasteiger partial charge in [-0.05, 0) is 31.2 Å². The normalized spacial score (nSPS) is 23.2. The summed E-state index contributed by atoms with van der Waals surface area (Å²) >= 11 is 0. The summed E-state index contributed by atoms with van der Waals surface area (Å²) in [5.74, 6) is 0.00638. The maximum absolute atomic E-state index is 13.0. The molecule has 1 atom stereocenters. The smallest absolute Gasteiger partial charge is 0.311 e. The van der Waals surface area contributed by atoms with E-state index >= 15 is 0 Å². The Hall–Kier alpha value is -2.31. The predicted octanol–water partition coefficient (Wildman–Crippen LogP) is 2.21. The zero-order valence-corrected chi connectivity index (χ0v) is 14.7. The third kappa shape index (κ3) is 3.55. The molecule has 7 heteroatoms. The van der Waals surface area contributed by atoms with Crippen LogP contribution in [0.15, 0.2) is 12.1 Å². The number of carboxylic acid groups (broad SMARTS) is 1. The first-order valence-electron chi connectivity index (χ1n) is 8.61. The molecule has 1 aliphatic heterocycles. The Balaban J connectivity index is 1.83. The largest absolute Gasteiger partial charge is 0.481 e. The van der Waals surface area contributed by atoms with Gasteiger partial charge in [-0.2, -0.15) is 4.98 Å². The number of carboxylic acids is 1. The Labute approximate surface area is 146 Å². The Kier molecular flexibility index (Phi) is 4.83. The summed E-state index contributed by atoms with van der Waals surface area (Å²) in [7, 11) is 2.94. The average Bonchev–Trinajstić information content (AvgIpc) is 3.44. The minimum Gasteiger partial charge on any atom is -0.481 e. The van der Waals surface area contributed by atoms with Crippen molar-refractivity contribution in [2.45, 2.75) is 32.1 Å². The average molecular weight is 348 g/mol. The molecule has 1 saturated heterocycles. The lowest BCUT2D eigenvalue weighted by molar-refractivity contribution is -0.152. The van der Waals surface area contributed by atoms with E-state index < -0.39 is 11.4 Å². The SMILES string of the molecule is COc1ccc(C(=O)N2CCCC(CC3CC3)(C(=O)O)C2)c(OC)n1. The van der Waals surface area contributed by atoms with Crippen molar-refractivity contribution in [3.63, 3.8) is 0 Å². The molecule has 1 aliphatic carbocycles. The maximum Gasteiger partial charge on any atom is 0.311 e. The standard InChI is InChI=1S/C18H24N2O5/c1-24-14-7-6-13(15(19-14)25-2)16(21)20-9-3-8-18(11-20,17(22)23)10-12-4-5-12/h6-7,12H,3-5,8-11H2,1-2H3,(H,22,23). The molecule has 0 spiro atoms. The molecule has 3 rings (SSSR count). The van der Waals surface area contributed by atoms with E-state index in [1.54, 1.807) is 17.0 Å². The number of pyridine rings is 1. The molecule has 1 amide bonds. The van der Waals surface area contributed by atoms with Gasteiger partial charge in [-0.1, -0.05) is 12.8 Å². The van der Waals surface area contributed by atoms with Crippen LogP contribution in [0.5, 0.6) is 11.8 Å². The first-order valence-corrected chi connectivity index (χ1v) is 8.61. The van der Waals surface area contributed by atoms with E-state index in [1.165, 1.54) is 14.2 Å². The predicted molar refractivity (Wildman–Crippen MR) is 89.9 cm³/mol. The summed E-state index contributed by atoms with van der Waals surface area (Å²) in [4.78, 5) is 30.7. The highest BCUT2D eigenvalue weighted by Gasteiger charge is 2.47. The molecular formula is C18H24N2O5. The van der Waals surface area contributed by atoms with Gasteiger partial charge in [-0.3, -0.25) is 9.59 Å². The zero-order valence-electron chi connectivity index (χ0n) is 14.7. The summed E-state index contributed by atoms with van der Waals surface area (Å²) in [5, 5.41) is 9.81. The molecule has 2 heterocycles. The lowest BCUT2D eigenvalue weighted by Gasteiger charge is -2.40. The van der Waals surface area contributed by atoms with Crippen LogP contribution in [0.4, 0.5) is 0 Å². The number of amides is 1. The molecule has 0 bridgehead atoms. The molecule has 1 N–H and O–H groups in total. The van der Waals surface area contributed by atoms with Crippen LogP contribution in [0.1, 0.15) is 42.5 Å². The molecular weight excluding hydrogens is 324 g/mol. The third-order valence-corrected chi connectivity index (χ3v) is 5.16. The molecule has 2 fully saturated rings. The number of likely N-dealkylation sites (tertiary alicyclic amines) is 1. The molecule has 0 aromatic carbocycles. The molecule has 136 valence electrons. The van der Waals surface area contributed by atoms with Crippen LogP contribution in [-0.4, -0.2) is 54.2 Å². The Bertz CT molecular complexity index is 673. The Morgan fingerprint density at radius 2 is 2.08 bits per heavy atom. The number of hydrogen-bond acceptors (Lipinski definition) is 5. The minimum atomic E-state index is -0.831. The highest BCUT2D eigenvalue weighted by molar-refractivity contribution is 5.97. The van der Waals surface area contributed by atoms with Gasteiger partial charge >= 0.3 is 5.97 Å². The van der Waals surface area contributed by atoms with Gasteiger partial charge in [0.1, 0.15) is 5.56 Å². The lowest BCUT2D eigenvalue weighted by Crippen LogP contribution is -2.50. The highest BCUT2D eigenvalue weighted by atomic mass is 16.5. The molecule has 1 aromatic heterocycles. The number of ether oxygens (including phenoxy) is 2. The molecule has 25 heavy (non-hydrogen) atoms. The van der Waals surface area contributed by atoms with Gasteiger partial charge in [0.25, 0.3) is 5.91 Å². The second kappa shape index (κ2) is 6.90. The molecule has 1 saturated carbocycles. The van der Waals surface area contributed by atoms with Crippen molar-refractivity contribution >= 4 is 11.9 Å². The van der Waals surface area contributed by atoms with E-state index in [0.717, 1.165) is 12.8 Å². The van der Waals surface area contributed by atoms with Crippen LogP contribution in [0, 0.1) is 11.3 Å². The van der Waals surface area contributed by atoms with E-state index in [1.807, 2.05) is 0 Å². The van der Waals surface area contributed by atoms with Crippen molar-refractivity contribution in [1.82, 2.24) is 9.88 Å². The molecule has 0 radical (unpaired) electrons. The summed E-state index contributed by atoms with van der Waals surface area (Å²) in [6.45, 7) is 0.792. The number of carbonyl (C=O) groups excluding carboxylic acids is 1. The molecule has 1 unspecified atom stereocenters. The van der Waals surface area contributed by atoms with E-state index in [-0.39, 0.29) is 18.3 Å². The van der Waals surface area contributed by atoms with Gasteiger partial charge in [0.15, 0.2) is 0 Å². The number of piperidine rings is 1. The summed E-state index contributed by atoms with van der Waals surface area (Å²) < 4.78 is 10.3. The van der Waals surface area contributed by atoms with Gasteiger partial charge in [-0.25, -0.2) is 0 Å². The number of hydrogen-bond donors (Lipinski definition) is 1. The van der Waals surface area contributed by atoms with E-state index in [4.69, 9.17) is 9.47 Å². The fourth-order valence-corrected chi connectivity index (χ4v) is 3.63. The Morgan fingerprint density at radius 3 is 2.68 bits per heavy atom. The summed E-state index contributed by atoms with van der Waals surface area (Å²) in [6.07, 6.45) is 4.17. The van der Waals surface area contributed by atoms with Crippen LogP contribution in [0.25, 0.3) is 0 Å². The molecule has 2 aliphatic rings.